The van der Waals surface area contributed by atoms with Crippen LogP contribution in [0.25, 0.3) is 11.4 Å². The lowest BCUT2D eigenvalue weighted by Crippen LogP contribution is -2.46. The summed E-state index contributed by atoms with van der Waals surface area (Å²) >= 11 is 1.35. The molecule has 0 saturated carbocycles. The molecule has 0 spiro atoms. The van der Waals surface area contributed by atoms with Gasteiger partial charge in [0.2, 0.25) is 5.91 Å². The van der Waals surface area contributed by atoms with Crippen molar-refractivity contribution < 1.29 is 9.59 Å². The highest BCUT2D eigenvalue weighted by molar-refractivity contribution is 7.12. The van der Waals surface area contributed by atoms with E-state index in [1.807, 2.05) is 49.6 Å². The summed E-state index contributed by atoms with van der Waals surface area (Å²) in [5, 5.41) is 16.4. The van der Waals surface area contributed by atoms with E-state index in [4.69, 9.17) is 0 Å². The predicted octanol–water partition coefficient (Wildman–Crippen LogP) is 4.13. The molecular weight excluding hydrogens is 410 g/mol. The lowest BCUT2D eigenvalue weighted by molar-refractivity contribution is -0.118. The second-order valence-corrected chi connectivity index (χ2v) is 9.09. The van der Waals surface area contributed by atoms with Crippen LogP contribution in [0.15, 0.2) is 41.8 Å². The van der Waals surface area contributed by atoms with Gasteiger partial charge in [-0.3, -0.25) is 9.59 Å². The highest BCUT2D eigenvalue weighted by atomic mass is 32.1. The molecule has 2 amide bonds. The number of benzene rings is 1. The van der Waals surface area contributed by atoms with Gasteiger partial charge in [0, 0.05) is 24.2 Å². The zero-order valence-corrected chi connectivity index (χ0v) is 18.6. The Labute approximate surface area is 185 Å². The number of thiophene rings is 1. The maximum absolute atomic E-state index is 12.9. The fourth-order valence-electron chi connectivity index (χ4n) is 3.78. The molecule has 1 aliphatic rings. The fourth-order valence-corrected chi connectivity index (χ4v) is 4.40. The Morgan fingerprint density at radius 3 is 2.58 bits per heavy atom. The monoisotopic (exact) mass is 437 g/mol. The van der Waals surface area contributed by atoms with Crippen LogP contribution in [-0.2, 0) is 17.8 Å². The number of amides is 2. The van der Waals surface area contributed by atoms with Crippen LogP contribution in [-0.4, -0.2) is 32.6 Å². The van der Waals surface area contributed by atoms with E-state index in [9.17, 15) is 9.59 Å². The first-order valence-corrected chi connectivity index (χ1v) is 11.6. The molecule has 2 aromatic heterocycles. The maximum atomic E-state index is 12.9. The van der Waals surface area contributed by atoms with E-state index in [-0.39, 0.29) is 17.7 Å². The topological polar surface area (TPSA) is 88.9 Å². The molecule has 1 unspecified atom stereocenters. The van der Waals surface area contributed by atoms with Crippen LogP contribution in [0, 0.1) is 5.92 Å². The lowest BCUT2D eigenvalue weighted by atomic mass is 10.0. The van der Waals surface area contributed by atoms with Gasteiger partial charge in [0.1, 0.15) is 11.9 Å². The highest BCUT2D eigenvalue weighted by Crippen LogP contribution is 2.24. The van der Waals surface area contributed by atoms with Crippen LogP contribution in [0.4, 0.5) is 5.69 Å². The summed E-state index contributed by atoms with van der Waals surface area (Å²) in [6.45, 7) is 4.77. The van der Waals surface area contributed by atoms with Gasteiger partial charge in [-0.1, -0.05) is 26.3 Å². The van der Waals surface area contributed by atoms with Crippen LogP contribution in [0.1, 0.15) is 48.6 Å². The predicted molar refractivity (Wildman–Crippen MR) is 122 cm³/mol. The smallest absolute Gasteiger partial charge is 0.262 e. The molecule has 4 rings (SSSR count). The Morgan fingerprint density at radius 1 is 1.06 bits per heavy atom. The van der Waals surface area contributed by atoms with Crippen LogP contribution in [0.5, 0.6) is 0 Å². The van der Waals surface area contributed by atoms with Crippen molar-refractivity contribution >= 4 is 28.8 Å². The SMILES string of the molecule is CC(C)C(NC(=O)c1cccs1)C(=O)Nc1ccc(-c2nnc3n2CCCCC3)cc1. The molecule has 2 N–H and O–H groups in total. The summed E-state index contributed by atoms with van der Waals surface area (Å²) in [7, 11) is 0. The number of carbonyl (C=O) groups is 2. The molecule has 0 fully saturated rings. The molecule has 3 aromatic rings. The summed E-state index contributed by atoms with van der Waals surface area (Å²) in [5.41, 5.74) is 1.66. The number of anilines is 1. The number of fused-ring (bicyclic) bond motifs is 1. The second-order valence-electron chi connectivity index (χ2n) is 8.14. The Balaban J connectivity index is 1.45. The minimum atomic E-state index is -0.624. The standard InChI is InChI=1S/C23H27N5O2S/c1-15(2)20(25-22(29)18-7-6-14-31-18)23(30)24-17-11-9-16(10-12-17)21-27-26-19-8-4-3-5-13-28(19)21/h6-7,9-12,14-15,20H,3-5,8,13H2,1-2H3,(H,24,30)(H,25,29). The molecule has 3 heterocycles. The normalized spacial score (nSPS) is 14.5. The van der Waals surface area contributed by atoms with Gasteiger partial charge in [-0.05, 0) is 54.5 Å². The van der Waals surface area contributed by atoms with E-state index in [1.165, 1.54) is 17.8 Å². The van der Waals surface area contributed by atoms with E-state index < -0.39 is 6.04 Å². The first-order chi connectivity index (χ1) is 15.0. The van der Waals surface area contributed by atoms with Crippen molar-refractivity contribution in [2.24, 2.45) is 5.92 Å². The van der Waals surface area contributed by atoms with Crippen molar-refractivity contribution in [1.82, 2.24) is 20.1 Å². The van der Waals surface area contributed by atoms with E-state index in [0.717, 1.165) is 43.0 Å². The van der Waals surface area contributed by atoms with Crippen molar-refractivity contribution in [3.05, 3.63) is 52.5 Å². The number of aryl methyl sites for hydroxylation is 1. The Bertz CT molecular complexity index is 1040. The number of nitrogens with zero attached hydrogens (tertiary/aromatic N) is 3. The summed E-state index contributed by atoms with van der Waals surface area (Å²) in [5.74, 6) is 1.41. The van der Waals surface area contributed by atoms with Gasteiger partial charge in [-0.15, -0.1) is 21.5 Å². The Kier molecular flexibility index (Phi) is 6.46. The van der Waals surface area contributed by atoms with Crippen molar-refractivity contribution in [2.45, 2.75) is 52.1 Å². The maximum Gasteiger partial charge on any atom is 0.262 e. The number of aromatic nitrogens is 3. The third-order valence-electron chi connectivity index (χ3n) is 5.50. The molecule has 1 aromatic carbocycles. The number of carbonyl (C=O) groups excluding carboxylic acids is 2. The van der Waals surface area contributed by atoms with Crippen LogP contribution >= 0.6 is 11.3 Å². The van der Waals surface area contributed by atoms with Crippen LogP contribution in [0.3, 0.4) is 0 Å². The third-order valence-corrected chi connectivity index (χ3v) is 6.37. The number of rotatable bonds is 6. The van der Waals surface area contributed by atoms with Crippen molar-refractivity contribution in [3.63, 3.8) is 0 Å². The van der Waals surface area contributed by atoms with E-state index in [0.29, 0.717) is 10.6 Å². The number of nitrogens with one attached hydrogen (secondary N) is 2. The van der Waals surface area contributed by atoms with Gasteiger partial charge in [0.15, 0.2) is 5.82 Å². The Morgan fingerprint density at radius 2 is 1.87 bits per heavy atom. The first kappa shape index (κ1) is 21.2. The average molecular weight is 438 g/mol. The molecule has 8 heteroatoms. The molecule has 0 bridgehead atoms. The number of hydrogen-bond donors (Lipinski definition) is 2. The molecule has 0 aliphatic carbocycles. The Hall–Kier alpha value is -3.00. The average Bonchev–Trinajstić information content (AvgIpc) is 3.38. The molecule has 7 nitrogen and oxygen atoms in total. The van der Waals surface area contributed by atoms with E-state index in [1.54, 1.807) is 6.07 Å². The van der Waals surface area contributed by atoms with Gasteiger partial charge in [-0.2, -0.15) is 0 Å². The van der Waals surface area contributed by atoms with Gasteiger partial charge >= 0.3 is 0 Å². The van der Waals surface area contributed by atoms with Crippen LogP contribution in [0.2, 0.25) is 0 Å². The third kappa shape index (κ3) is 4.85. The van der Waals surface area contributed by atoms with Crippen LogP contribution < -0.4 is 10.6 Å². The van der Waals surface area contributed by atoms with Gasteiger partial charge in [0.05, 0.1) is 4.88 Å². The van der Waals surface area contributed by atoms with Gasteiger partial charge in [-0.25, -0.2) is 0 Å². The van der Waals surface area contributed by atoms with Crippen molar-refractivity contribution in [3.8, 4) is 11.4 Å². The summed E-state index contributed by atoms with van der Waals surface area (Å²) in [6.07, 6.45) is 4.48. The zero-order chi connectivity index (χ0) is 21.8. The lowest BCUT2D eigenvalue weighted by Gasteiger charge is -2.21. The molecule has 162 valence electrons. The molecule has 0 radical (unpaired) electrons. The number of hydrogen-bond acceptors (Lipinski definition) is 5. The molecule has 1 atom stereocenters. The fraction of sp³-hybridized carbons (Fsp3) is 0.391. The molecular formula is C23H27N5O2S. The summed E-state index contributed by atoms with van der Waals surface area (Å²) in [6, 6.07) is 10.6. The van der Waals surface area contributed by atoms with Gasteiger partial charge in [0.25, 0.3) is 5.91 Å². The van der Waals surface area contributed by atoms with E-state index >= 15 is 0 Å². The van der Waals surface area contributed by atoms with E-state index in [2.05, 4.69) is 25.4 Å². The zero-order valence-electron chi connectivity index (χ0n) is 17.8. The van der Waals surface area contributed by atoms with Crippen molar-refractivity contribution in [2.75, 3.05) is 5.32 Å². The minimum Gasteiger partial charge on any atom is -0.339 e. The largest absolute Gasteiger partial charge is 0.339 e. The van der Waals surface area contributed by atoms with Gasteiger partial charge < -0.3 is 15.2 Å². The first-order valence-electron chi connectivity index (χ1n) is 10.7. The summed E-state index contributed by atoms with van der Waals surface area (Å²) < 4.78 is 2.20. The minimum absolute atomic E-state index is 0.0466. The second kappa shape index (κ2) is 9.43. The highest BCUT2D eigenvalue weighted by Gasteiger charge is 2.25. The molecule has 0 saturated heterocycles. The molecule has 1 aliphatic heterocycles. The summed E-state index contributed by atoms with van der Waals surface area (Å²) in [4.78, 5) is 25.8. The quantitative estimate of drug-likeness (QED) is 0.607. The van der Waals surface area contributed by atoms with Crippen molar-refractivity contribution in [1.29, 1.82) is 0 Å². The molecule has 31 heavy (non-hydrogen) atoms.